The standard InChI is InChI=1S/C19H19N5O2/c1-13-7-5-6-10-15(13)21-19-23-16(22-18(20)24-19)12-26-17(25)11-14-8-3-2-4-9-14/h2-10H,11-12H2,1H3,(H3,20,21,22,23,24). The number of hydrogen-bond acceptors (Lipinski definition) is 7. The fourth-order valence-corrected chi connectivity index (χ4v) is 2.35. The molecule has 0 saturated heterocycles. The van der Waals surface area contributed by atoms with Crippen LogP contribution < -0.4 is 11.1 Å². The van der Waals surface area contributed by atoms with Gasteiger partial charge in [-0.05, 0) is 24.1 Å². The third-order valence-electron chi connectivity index (χ3n) is 3.64. The summed E-state index contributed by atoms with van der Waals surface area (Å²) in [6, 6.07) is 17.1. The summed E-state index contributed by atoms with van der Waals surface area (Å²) in [6.45, 7) is 1.90. The molecule has 0 aliphatic heterocycles. The summed E-state index contributed by atoms with van der Waals surface area (Å²) in [5.41, 5.74) is 8.53. The Labute approximate surface area is 151 Å². The molecule has 0 aliphatic rings. The number of hydrogen-bond donors (Lipinski definition) is 2. The maximum Gasteiger partial charge on any atom is 0.310 e. The fourth-order valence-electron chi connectivity index (χ4n) is 2.35. The van der Waals surface area contributed by atoms with Crippen LogP contribution in [0.2, 0.25) is 0 Å². The van der Waals surface area contributed by atoms with Gasteiger partial charge in [-0.2, -0.15) is 15.0 Å². The lowest BCUT2D eigenvalue weighted by atomic mass is 10.2. The van der Waals surface area contributed by atoms with Crippen LogP contribution in [0.3, 0.4) is 0 Å². The highest BCUT2D eigenvalue weighted by Crippen LogP contribution is 2.17. The zero-order chi connectivity index (χ0) is 18.4. The van der Waals surface area contributed by atoms with E-state index < -0.39 is 0 Å². The molecule has 0 spiro atoms. The fraction of sp³-hybridized carbons (Fsp3) is 0.158. The van der Waals surface area contributed by atoms with Crippen LogP contribution in [0, 0.1) is 6.92 Å². The second kappa shape index (κ2) is 8.06. The number of benzene rings is 2. The number of nitrogens with one attached hydrogen (secondary N) is 1. The molecule has 0 bridgehead atoms. The molecule has 26 heavy (non-hydrogen) atoms. The van der Waals surface area contributed by atoms with Gasteiger partial charge >= 0.3 is 5.97 Å². The molecule has 1 heterocycles. The Morgan fingerprint density at radius 2 is 1.77 bits per heavy atom. The molecule has 132 valence electrons. The van der Waals surface area contributed by atoms with Crippen molar-refractivity contribution in [3.05, 3.63) is 71.5 Å². The predicted octanol–water partition coefficient (Wildman–Crippen LogP) is 2.79. The number of para-hydroxylation sites is 1. The minimum absolute atomic E-state index is 0.0604. The summed E-state index contributed by atoms with van der Waals surface area (Å²) in [6.07, 6.45) is 0.190. The van der Waals surface area contributed by atoms with Crippen molar-refractivity contribution in [1.29, 1.82) is 0 Å². The molecule has 0 amide bonds. The van der Waals surface area contributed by atoms with E-state index in [2.05, 4.69) is 20.3 Å². The van der Waals surface area contributed by atoms with Crippen molar-refractivity contribution in [2.45, 2.75) is 20.0 Å². The van der Waals surface area contributed by atoms with Crippen molar-refractivity contribution in [1.82, 2.24) is 15.0 Å². The lowest BCUT2D eigenvalue weighted by Gasteiger charge is -2.09. The lowest BCUT2D eigenvalue weighted by molar-refractivity contribution is -0.144. The Bertz CT molecular complexity index is 899. The highest BCUT2D eigenvalue weighted by Gasteiger charge is 2.10. The first-order chi connectivity index (χ1) is 12.6. The highest BCUT2D eigenvalue weighted by atomic mass is 16.5. The van der Waals surface area contributed by atoms with Crippen LogP contribution in [0.5, 0.6) is 0 Å². The number of carbonyl (C=O) groups is 1. The van der Waals surface area contributed by atoms with Crippen LogP contribution in [0.15, 0.2) is 54.6 Å². The monoisotopic (exact) mass is 349 g/mol. The van der Waals surface area contributed by atoms with Gasteiger partial charge in [0, 0.05) is 5.69 Å². The number of rotatable bonds is 6. The van der Waals surface area contributed by atoms with Crippen LogP contribution in [-0.2, 0) is 22.6 Å². The maximum absolute atomic E-state index is 12.0. The Morgan fingerprint density at radius 1 is 1.04 bits per heavy atom. The average molecular weight is 349 g/mol. The first-order valence-corrected chi connectivity index (χ1v) is 8.13. The van der Waals surface area contributed by atoms with E-state index in [1.807, 2.05) is 61.5 Å². The van der Waals surface area contributed by atoms with E-state index in [0.717, 1.165) is 16.8 Å². The highest BCUT2D eigenvalue weighted by molar-refractivity contribution is 5.72. The minimum Gasteiger partial charge on any atom is -0.457 e. The largest absolute Gasteiger partial charge is 0.457 e. The van der Waals surface area contributed by atoms with Gasteiger partial charge in [0.05, 0.1) is 6.42 Å². The molecule has 0 aliphatic carbocycles. The normalized spacial score (nSPS) is 10.3. The third-order valence-corrected chi connectivity index (χ3v) is 3.64. The van der Waals surface area contributed by atoms with Crippen molar-refractivity contribution in [2.75, 3.05) is 11.1 Å². The Kier molecular flexibility index (Phi) is 5.38. The average Bonchev–Trinajstić information content (AvgIpc) is 2.62. The third kappa shape index (κ3) is 4.76. The molecule has 3 N–H and O–H groups in total. The number of esters is 1. The molecule has 0 unspecified atom stereocenters. The molecular weight excluding hydrogens is 330 g/mol. The molecular formula is C19H19N5O2. The molecule has 7 heteroatoms. The molecule has 2 aromatic carbocycles. The SMILES string of the molecule is Cc1ccccc1Nc1nc(N)nc(COC(=O)Cc2ccccc2)n1. The predicted molar refractivity (Wildman–Crippen MR) is 98.6 cm³/mol. The topological polar surface area (TPSA) is 103 Å². The van der Waals surface area contributed by atoms with Gasteiger partial charge in [-0.15, -0.1) is 0 Å². The van der Waals surface area contributed by atoms with E-state index in [1.54, 1.807) is 0 Å². The Hall–Kier alpha value is -3.48. The van der Waals surface area contributed by atoms with E-state index in [4.69, 9.17) is 10.5 Å². The summed E-state index contributed by atoms with van der Waals surface area (Å²) >= 11 is 0. The second-order valence-electron chi connectivity index (χ2n) is 5.70. The molecule has 0 radical (unpaired) electrons. The maximum atomic E-state index is 12.0. The number of ether oxygens (including phenoxy) is 1. The van der Waals surface area contributed by atoms with E-state index in [1.165, 1.54) is 0 Å². The lowest BCUT2D eigenvalue weighted by Crippen LogP contribution is -2.12. The second-order valence-corrected chi connectivity index (χ2v) is 5.70. The summed E-state index contributed by atoms with van der Waals surface area (Å²) < 4.78 is 5.24. The van der Waals surface area contributed by atoms with E-state index in [0.29, 0.717) is 5.95 Å². The van der Waals surface area contributed by atoms with Gasteiger partial charge in [-0.1, -0.05) is 48.5 Å². The molecule has 0 atom stereocenters. The molecule has 3 rings (SSSR count). The first-order valence-electron chi connectivity index (χ1n) is 8.13. The van der Waals surface area contributed by atoms with Gasteiger partial charge < -0.3 is 15.8 Å². The number of aromatic nitrogens is 3. The quantitative estimate of drug-likeness (QED) is 0.660. The van der Waals surface area contributed by atoms with Crippen molar-refractivity contribution in [3.63, 3.8) is 0 Å². The zero-order valence-electron chi connectivity index (χ0n) is 14.3. The number of carbonyl (C=O) groups excluding carboxylic acids is 1. The van der Waals surface area contributed by atoms with Crippen LogP contribution >= 0.6 is 0 Å². The van der Waals surface area contributed by atoms with Crippen molar-refractivity contribution < 1.29 is 9.53 Å². The number of anilines is 3. The minimum atomic E-state index is -0.358. The van der Waals surface area contributed by atoms with E-state index in [9.17, 15) is 4.79 Å². The zero-order valence-corrected chi connectivity index (χ0v) is 14.3. The van der Waals surface area contributed by atoms with E-state index >= 15 is 0 Å². The molecule has 3 aromatic rings. The van der Waals surface area contributed by atoms with E-state index in [-0.39, 0.29) is 30.8 Å². The van der Waals surface area contributed by atoms with Crippen LogP contribution in [0.4, 0.5) is 17.6 Å². The van der Waals surface area contributed by atoms with Gasteiger partial charge in [-0.25, -0.2) is 0 Å². The number of nitrogens with two attached hydrogens (primary N) is 1. The van der Waals surface area contributed by atoms with Gasteiger partial charge in [0.15, 0.2) is 12.4 Å². The number of nitrogens with zero attached hydrogens (tertiary/aromatic N) is 3. The molecule has 7 nitrogen and oxygen atoms in total. The Balaban J connectivity index is 1.64. The summed E-state index contributed by atoms with van der Waals surface area (Å²) in [4.78, 5) is 24.3. The number of nitrogen functional groups attached to an aromatic ring is 1. The van der Waals surface area contributed by atoms with Crippen LogP contribution in [-0.4, -0.2) is 20.9 Å². The van der Waals surface area contributed by atoms with Crippen LogP contribution in [0.25, 0.3) is 0 Å². The summed E-state index contributed by atoms with van der Waals surface area (Å²) in [7, 11) is 0. The van der Waals surface area contributed by atoms with Gasteiger partial charge in [0.2, 0.25) is 11.9 Å². The molecule has 0 saturated carbocycles. The smallest absolute Gasteiger partial charge is 0.310 e. The summed E-state index contributed by atoms with van der Waals surface area (Å²) in [5.74, 6) is 0.296. The Morgan fingerprint density at radius 3 is 2.54 bits per heavy atom. The van der Waals surface area contributed by atoms with Crippen molar-refractivity contribution >= 4 is 23.6 Å². The van der Waals surface area contributed by atoms with Gasteiger partial charge in [0.1, 0.15) is 0 Å². The van der Waals surface area contributed by atoms with Gasteiger partial charge in [-0.3, -0.25) is 4.79 Å². The van der Waals surface area contributed by atoms with Gasteiger partial charge in [0.25, 0.3) is 0 Å². The van der Waals surface area contributed by atoms with Crippen molar-refractivity contribution in [3.8, 4) is 0 Å². The van der Waals surface area contributed by atoms with Crippen molar-refractivity contribution in [2.24, 2.45) is 0 Å². The molecule has 1 aromatic heterocycles. The molecule has 0 fully saturated rings. The number of aryl methyl sites for hydroxylation is 1. The summed E-state index contributed by atoms with van der Waals surface area (Å²) in [5, 5.41) is 3.10. The first kappa shape index (κ1) is 17.3. The van der Waals surface area contributed by atoms with Crippen LogP contribution in [0.1, 0.15) is 17.0 Å².